The highest BCUT2D eigenvalue weighted by Crippen LogP contribution is 2.36. The normalized spacial score (nSPS) is 12.7. The minimum Gasteiger partial charge on any atom is -0.497 e. The Hall–Kier alpha value is -2.70. The van der Waals surface area contributed by atoms with E-state index in [9.17, 15) is 4.79 Å². The van der Waals surface area contributed by atoms with E-state index in [4.69, 9.17) is 15.2 Å². The van der Waals surface area contributed by atoms with Gasteiger partial charge in [0.05, 0.1) is 19.9 Å². The second-order valence-electron chi connectivity index (χ2n) is 4.70. The predicted octanol–water partition coefficient (Wildman–Crippen LogP) is 1.46. The van der Waals surface area contributed by atoms with Crippen molar-refractivity contribution in [3.05, 3.63) is 23.8 Å². The van der Waals surface area contributed by atoms with Crippen LogP contribution >= 0.6 is 0 Å². The van der Waals surface area contributed by atoms with Crippen LogP contribution in [0, 0.1) is 0 Å². The minimum absolute atomic E-state index is 0.609. The monoisotopic (exact) mass is 288 g/mol. The van der Waals surface area contributed by atoms with Gasteiger partial charge in [-0.3, -0.25) is 0 Å². The Labute approximate surface area is 121 Å². The Morgan fingerprint density at radius 2 is 1.95 bits per heavy atom. The summed E-state index contributed by atoms with van der Waals surface area (Å²) in [6, 6.07) is 4.89. The third-order valence-electron chi connectivity index (χ3n) is 3.48. The maximum absolute atomic E-state index is 11.5. The van der Waals surface area contributed by atoms with Crippen LogP contribution in [0.25, 0.3) is 11.3 Å². The number of fused-ring (bicyclic) bond motifs is 1. The fourth-order valence-electron chi connectivity index (χ4n) is 2.51. The molecule has 7 nitrogen and oxygen atoms in total. The number of hydrogen-bond acceptors (Lipinski definition) is 5. The van der Waals surface area contributed by atoms with Crippen molar-refractivity contribution in [2.24, 2.45) is 5.73 Å². The predicted molar refractivity (Wildman–Crippen MR) is 77.9 cm³/mol. The summed E-state index contributed by atoms with van der Waals surface area (Å²) in [5, 5.41) is 7.46. The van der Waals surface area contributed by atoms with Crippen molar-refractivity contribution in [2.75, 3.05) is 26.1 Å². The van der Waals surface area contributed by atoms with Crippen LogP contribution in [-0.4, -0.2) is 36.6 Å². The second-order valence-corrected chi connectivity index (χ2v) is 4.70. The van der Waals surface area contributed by atoms with Crippen LogP contribution in [0.3, 0.4) is 0 Å². The number of benzene rings is 1. The molecule has 0 radical (unpaired) electrons. The lowest BCUT2D eigenvalue weighted by atomic mass is 10.1. The average molecular weight is 288 g/mol. The lowest BCUT2D eigenvalue weighted by Gasteiger charge is -2.07. The van der Waals surface area contributed by atoms with Crippen molar-refractivity contribution in [3.8, 4) is 22.8 Å². The highest BCUT2D eigenvalue weighted by molar-refractivity contribution is 5.83. The quantitative estimate of drug-likeness (QED) is 0.892. The van der Waals surface area contributed by atoms with Gasteiger partial charge in [-0.15, -0.1) is 0 Å². The summed E-state index contributed by atoms with van der Waals surface area (Å²) >= 11 is 0. The van der Waals surface area contributed by atoms with Gasteiger partial charge < -0.3 is 20.5 Å². The first-order valence-corrected chi connectivity index (χ1v) is 6.53. The molecular formula is C14H16N4O3. The summed E-state index contributed by atoms with van der Waals surface area (Å²) in [7, 11) is 3.18. The number of carbonyl (C=O) groups excluding carboxylic acids is 1. The number of nitrogens with one attached hydrogen (secondary N) is 1. The molecule has 1 aromatic heterocycles. The number of carbonyl (C=O) groups is 1. The molecule has 0 aliphatic carbocycles. The van der Waals surface area contributed by atoms with Crippen molar-refractivity contribution in [3.63, 3.8) is 0 Å². The Morgan fingerprint density at radius 1 is 1.29 bits per heavy atom. The molecule has 0 saturated carbocycles. The van der Waals surface area contributed by atoms with Gasteiger partial charge in [0, 0.05) is 23.7 Å². The highest BCUT2D eigenvalue weighted by atomic mass is 16.5. The van der Waals surface area contributed by atoms with Gasteiger partial charge in [0.25, 0.3) is 0 Å². The molecular weight excluding hydrogens is 272 g/mol. The average Bonchev–Trinajstić information content (AvgIpc) is 3.08. The number of rotatable bonds is 3. The van der Waals surface area contributed by atoms with Crippen molar-refractivity contribution in [1.29, 1.82) is 0 Å². The number of aromatic nitrogens is 2. The van der Waals surface area contributed by atoms with Crippen molar-refractivity contribution in [2.45, 2.75) is 6.42 Å². The Kier molecular flexibility index (Phi) is 3.17. The molecule has 110 valence electrons. The number of methoxy groups -OCH3 is 2. The zero-order valence-corrected chi connectivity index (χ0v) is 11.8. The fraction of sp³-hybridized carbons (Fsp3) is 0.286. The highest BCUT2D eigenvalue weighted by Gasteiger charge is 2.25. The van der Waals surface area contributed by atoms with Gasteiger partial charge in [-0.2, -0.15) is 9.78 Å². The van der Waals surface area contributed by atoms with Gasteiger partial charge in [-0.1, -0.05) is 0 Å². The molecule has 0 bridgehead atoms. The zero-order chi connectivity index (χ0) is 15.0. The molecule has 1 amide bonds. The summed E-state index contributed by atoms with van der Waals surface area (Å²) in [6.07, 6.45) is 0.789. The van der Waals surface area contributed by atoms with Gasteiger partial charge in [0.15, 0.2) is 0 Å². The summed E-state index contributed by atoms with van der Waals surface area (Å²) in [6.45, 7) is 0.759. The van der Waals surface area contributed by atoms with E-state index in [0.717, 1.165) is 24.1 Å². The number of nitrogens with zero attached hydrogens (tertiary/aromatic N) is 2. The second kappa shape index (κ2) is 5.01. The maximum atomic E-state index is 11.5. The molecule has 1 aliphatic rings. The van der Waals surface area contributed by atoms with Crippen LogP contribution in [0.2, 0.25) is 0 Å². The van der Waals surface area contributed by atoms with Crippen LogP contribution in [0.4, 0.5) is 10.6 Å². The molecule has 21 heavy (non-hydrogen) atoms. The lowest BCUT2D eigenvalue weighted by molar-refractivity contribution is 0.248. The van der Waals surface area contributed by atoms with Crippen LogP contribution in [-0.2, 0) is 6.42 Å². The van der Waals surface area contributed by atoms with E-state index < -0.39 is 6.03 Å². The molecule has 0 atom stereocenters. The van der Waals surface area contributed by atoms with Crippen LogP contribution in [0.5, 0.6) is 11.5 Å². The summed E-state index contributed by atoms with van der Waals surface area (Å²) < 4.78 is 11.7. The minimum atomic E-state index is -0.609. The molecule has 3 N–H and O–H groups in total. The van der Waals surface area contributed by atoms with Gasteiger partial charge in [0.1, 0.15) is 17.3 Å². The van der Waals surface area contributed by atoms with E-state index in [2.05, 4.69) is 10.4 Å². The number of anilines is 1. The van der Waals surface area contributed by atoms with Gasteiger partial charge >= 0.3 is 6.03 Å². The van der Waals surface area contributed by atoms with Crippen LogP contribution in [0.1, 0.15) is 5.56 Å². The first-order valence-electron chi connectivity index (χ1n) is 6.53. The summed E-state index contributed by atoms with van der Waals surface area (Å²) in [4.78, 5) is 11.5. The number of ether oxygens (including phenoxy) is 2. The molecule has 3 rings (SSSR count). The van der Waals surface area contributed by atoms with E-state index in [1.54, 1.807) is 20.3 Å². The third kappa shape index (κ3) is 2.16. The SMILES string of the molecule is COc1cc(OC)cc(-c2nn(C(N)=O)c3c2CCN3)c1. The molecule has 0 spiro atoms. The fourth-order valence-corrected chi connectivity index (χ4v) is 2.51. The van der Waals surface area contributed by atoms with E-state index >= 15 is 0 Å². The van der Waals surface area contributed by atoms with E-state index in [0.29, 0.717) is 23.0 Å². The van der Waals surface area contributed by atoms with Gasteiger partial charge in [-0.05, 0) is 18.6 Å². The largest absolute Gasteiger partial charge is 0.497 e. The molecule has 1 aliphatic heterocycles. The molecule has 0 unspecified atom stereocenters. The Balaban J connectivity index is 2.17. The Bertz CT molecular complexity index is 686. The van der Waals surface area contributed by atoms with E-state index in [1.807, 2.05) is 12.1 Å². The van der Waals surface area contributed by atoms with E-state index in [1.165, 1.54) is 4.68 Å². The van der Waals surface area contributed by atoms with Crippen molar-refractivity contribution < 1.29 is 14.3 Å². The van der Waals surface area contributed by atoms with Crippen molar-refractivity contribution in [1.82, 2.24) is 9.78 Å². The third-order valence-corrected chi connectivity index (χ3v) is 3.48. The van der Waals surface area contributed by atoms with Crippen LogP contribution in [0.15, 0.2) is 18.2 Å². The molecule has 7 heteroatoms. The molecule has 2 heterocycles. The topological polar surface area (TPSA) is 91.4 Å². The first-order chi connectivity index (χ1) is 10.1. The summed E-state index contributed by atoms with van der Waals surface area (Å²) in [5.41, 5.74) is 7.88. The Morgan fingerprint density at radius 3 is 2.52 bits per heavy atom. The molecule has 1 aromatic carbocycles. The number of amides is 1. The molecule has 0 fully saturated rings. The number of primary amides is 1. The first kappa shape index (κ1) is 13.3. The van der Waals surface area contributed by atoms with Gasteiger partial charge in [0.2, 0.25) is 0 Å². The van der Waals surface area contributed by atoms with Gasteiger partial charge in [-0.25, -0.2) is 4.79 Å². The number of hydrogen-bond donors (Lipinski definition) is 2. The smallest absolute Gasteiger partial charge is 0.341 e. The van der Waals surface area contributed by atoms with Crippen molar-refractivity contribution >= 4 is 11.8 Å². The summed E-state index contributed by atoms with van der Waals surface area (Å²) in [5.74, 6) is 2.00. The van der Waals surface area contributed by atoms with Crippen LogP contribution < -0.4 is 20.5 Å². The molecule has 0 saturated heterocycles. The molecule has 2 aromatic rings. The zero-order valence-electron chi connectivity index (χ0n) is 11.8. The standard InChI is InChI=1S/C14H16N4O3/c1-20-9-5-8(6-10(7-9)21-2)12-11-3-4-16-13(11)18(17-12)14(15)19/h5-7,16H,3-4H2,1-2H3,(H2,15,19). The maximum Gasteiger partial charge on any atom is 0.341 e. The number of nitrogens with two attached hydrogens (primary N) is 1. The lowest BCUT2D eigenvalue weighted by Crippen LogP contribution is -2.22. The van der Waals surface area contributed by atoms with E-state index in [-0.39, 0.29) is 0 Å².